The minimum Gasteiger partial charge on any atom is -0.332 e. The second-order valence-corrected chi connectivity index (χ2v) is 8.91. The number of aryl methyl sites for hydroxylation is 3. The van der Waals surface area contributed by atoms with Gasteiger partial charge in [0.1, 0.15) is 5.82 Å². The van der Waals surface area contributed by atoms with E-state index in [0.29, 0.717) is 5.92 Å². The summed E-state index contributed by atoms with van der Waals surface area (Å²) in [7, 11) is 0. The molecule has 5 rings (SSSR count). The van der Waals surface area contributed by atoms with E-state index in [2.05, 4.69) is 69.9 Å². The number of nitrogens with one attached hydrogen (secondary N) is 1. The van der Waals surface area contributed by atoms with Crippen molar-refractivity contribution < 1.29 is 0 Å². The predicted molar refractivity (Wildman–Crippen MR) is 134 cm³/mol. The molecular weight excluding hydrogens is 468 g/mol. The fourth-order valence-corrected chi connectivity index (χ4v) is 5.28. The maximum atomic E-state index is 4.99. The molecule has 0 amide bonds. The lowest BCUT2D eigenvalue weighted by molar-refractivity contribution is 0.610. The van der Waals surface area contributed by atoms with Crippen LogP contribution in [0.5, 0.6) is 0 Å². The van der Waals surface area contributed by atoms with Gasteiger partial charge in [-0.05, 0) is 56.9 Å². The zero-order valence-electron chi connectivity index (χ0n) is 17.6. The highest BCUT2D eigenvalue weighted by Crippen LogP contribution is 2.40. The first kappa shape index (κ1) is 21.7. The van der Waals surface area contributed by atoms with Gasteiger partial charge >= 0.3 is 0 Å². The molecule has 4 aromatic rings. The molecule has 1 unspecified atom stereocenters. The van der Waals surface area contributed by atoms with Crippen LogP contribution < -0.4 is 5.32 Å². The van der Waals surface area contributed by atoms with Crippen molar-refractivity contribution in [3.8, 4) is 11.3 Å². The van der Waals surface area contributed by atoms with Gasteiger partial charge in [-0.15, -0.1) is 28.3 Å². The van der Waals surface area contributed by atoms with Crippen LogP contribution in [0.4, 0.5) is 10.8 Å². The van der Waals surface area contributed by atoms with E-state index >= 15 is 0 Å². The average Bonchev–Trinajstić information content (AvgIpc) is 3.16. The first-order valence-corrected chi connectivity index (χ1v) is 11.2. The summed E-state index contributed by atoms with van der Waals surface area (Å²) in [6.45, 7) is 3.93. The number of thiazole rings is 1. The molecule has 0 fully saturated rings. The van der Waals surface area contributed by atoms with Gasteiger partial charge < -0.3 is 5.32 Å². The minimum atomic E-state index is 0. The molecule has 158 valence electrons. The number of fused-ring (bicyclic) bond motifs is 1. The monoisotopic (exact) mass is 492 g/mol. The third-order valence-corrected chi connectivity index (χ3v) is 6.60. The van der Waals surface area contributed by atoms with E-state index in [1.165, 1.54) is 29.0 Å². The van der Waals surface area contributed by atoms with Gasteiger partial charge in [0.25, 0.3) is 0 Å². The molecule has 1 atom stereocenters. The number of nitrogens with zero attached hydrogens (tertiary/aromatic N) is 3. The zero-order chi connectivity index (χ0) is 20.5. The third kappa shape index (κ3) is 4.70. The number of halogens is 1. The molecule has 2 aromatic heterocycles. The van der Waals surface area contributed by atoms with Gasteiger partial charge in [0, 0.05) is 27.7 Å². The summed E-state index contributed by atoms with van der Waals surface area (Å²) in [5, 5.41) is 4.49. The van der Waals surface area contributed by atoms with Crippen molar-refractivity contribution >= 4 is 39.1 Å². The normalized spacial score (nSPS) is 15.1. The van der Waals surface area contributed by atoms with E-state index in [4.69, 9.17) is 4.98 Å². The van der Waals surface area contributed by atoms with Crippen LogP contribution in [0.25, 0.3) is 11.3 Å². The summed E-state index contributed by atoms with van der Waals surface area (Å²) >= 11 is 1.79. The maximum Gasteiger partial charge on any atom is 0.187 e. The number of rotatable bonds is 4. The Morgan fingerprint density at radius 2 is 1.71 bits per heavy atom. The second-order valence-electron chi connectivity index (χ2n) is 7.83. The number of hydrogen-bond acceptors (Lipinski definition) is 5. The molecular formula is C25H25BrN4S. The van der Waals surface area contributed by atoms with Crippen molar-refractivity contribution in [2.75, 3.05) is 5.32 Å². The third-order valence-electron chi connectivity index (χ3n) is 5.55. The Morgan fingerprint density at radius 3 is 2.45 bits per heavy atom. The molecule has 1 aliphatic rings. The summed E-state index contributed by atoms with van der Waals surface area (Å²) in [5.41, 5.74) is 6.71. The SMILES string of the molecule is Br.Cc1cc(-c2ccc(Nc3nc4c(s3)CCCC4c3ccccc3)cc2)nc(C)n1. The van der Waals surface area contributed by atoms with Crippen LogP contribution in [0.15, 0.2) is 60.7 Å². The molecule has 2 aromatic carbocycles. The van der Waals surface area contributed by atoms with E-state index in [9.17, 15) is 0 Å². The Kier molecular flexibility index (Phi) is 6.49. The molecule has 31 heavy (non-hydrogen) atoms. The molecule has 0 radical (unpaired) electrons. The van der Waals surface area contributed by atoms with E-state index in [0.717, 1.165) is 40.0 Å². The highest BCUT2D eigenvalue weighted by Gasteiger charge is 2.26. The van der Waals surface area contributed by atoms with Crippen molar-refractivity contribution in [3.63, 3.8) is 0 Å². The number of aromatic nitrogens is 3. The van der Waals surface area contributed by atoms with Crippen LogP contribution in [-0.2, 0) is 6.42 Å². The molecule has 0 bridgehead atoms. The van der Waals surface area contributed by atoms with Gasteiger partial charge in [-0.3, -0.25) is 0 Å². The lowest BCUT2D eigenvalue weighted by Crippen LogP contribution is -2.09. The molecule has 0 saturated heterocycles. The van der Waals surface area contributed by atoms with E-state index < -0.39 is 0 Å². The maximum absolute atomic E-state index is 4.99. The van der Waals surface area contributed by atoms with Crippen LogP contribution in [0.1, 0.15) is 46.4 Å². The Bertz CT molecular complexity index is 1150. The smallest absolute Gasteiger partial charge is 0.187 e. The summed E-state index contributed by atoms with van der Waals surface area (Å²) in [4.78, 5) is 15.3. The predicted octanol–water partition coefficient (Wildman–Crippen LogP) is 7.01. The number of anilines is 2. The van der Waals surface area contributed by atoms with Gasteiger partial charge in [-0.1, -0.05) is 42.5 Å². The summed E-state index contributed by atoms with van der Waals surface area (Å²) < 4.78 is 0. The standard InChI is InChI=1S/C25H24N4S.BrH/c1-16-15-22(27-17(2)26-16)19-11-13-20(14-12-19)28-25-29-24-21(9-6-10-23(24)30-25)18-7-4-3-5-8-18;/h3-5,7-8,11-15,21H,6,9-10H2,1-2H3,(H,28,29);1H. The van der Waals surface area contributed by atoms with Crippen molar-refractivity contribution in [1.29, 1.82) is 0 Å². The van der Waals surface area contributed by atoms with Crippen molar-refractivity contribution in [2.45, 2.75) is 39.0 Å². The fourth-order valence-electron chi connectivity index (χ4n) is 4.19. The molecule has 4 nitrogen and oxygen atoms in total. The van der Waals surface area contributed by atoms with Crippen molar-refractivity contribution in [3.05, 3.63) is 88.3 Å². The van der Waals surface area contributed by atoms with Gasteiger partial charge in [0.05, 0.1) is 11.4 Å². The van der Waals surface area contributed by atoms with Gasteiger partial charge in [-0.25, -0.2) is 15.0 Å². The summed E-state index contributed by atoms with van der Waals surface area (Å²) in [6.07, 6.45) is 3.52. The first-order valence-electron chi connectivity index (χ1n) is 10.4. The summed E-state index contributed by atoms with van der Waals surface area (Å²) in [5.74, 6) is 1.21. The number of hydrogen-bond donors (Lipinski definition) is 1. The average molecular weight is 493 g/mol. The van der Waals surface area contributed by atoms with E-state index in [1.807, 2.05) is 19.9 Å². The minimum absolute atomic E-state index is 0. The molecule has 2 heterocycles. The topological polar surface area (TPSA) is 50.7 Å². The zero-order valence-corrected chi connectivity index (χ0v) is 20.2. The second kappa shape index (κ2) is 9.28. The van der Waals surface area contributed by atoms with Crippen molar-refractivity contribution in [2.24, 2.45) is 0 Å². The van der Waals surface area contributed by atoms with Gasteiger partial charge in [0.2, 0.25) is 0 Å². The molecule has 0 saturated carbocycles. The van der Waals surface area contributed by atoms with Crippen LogP contribution in [0, 0.1) is 13.8 Å². The first-order chi connectivity index (χ1) is 14.7. The fraction of sp³-hybridized carbons (Fsp3) is 0.240. The highest BCUT2D eigenvalue weighted by molar-refractivity contribution is 8.93. The van der Waals surface area contributed by atoms with Crippen molar-refractivity contribution in [1.82, 2.24) is 15.0 Å². The molecule has 6 heteroatoms. The van der Waals surface area contributed by atoms with E-state index in [1.54, 1.807) is 11.3 Å². The van der Waals surface area contributed by atoms with Crippen LogP contribution >= 0.6 is 28.3 Å². The van der Waals surface area contributed by atoms with Gasteiger partial charge in [-0.2, -0.15) is 0 Å². The Hall–Kier alpha value is -2.57. The van der Waals surface area contributed by atoms with Crippen LogP contribution in [0.2, 0.25) is 0 Å². The molecule has 1 N–H and O–H groups in total. The lowest BCUT2D eigenvalue weighted by Gasteiger charge is -2.21. The Labute approximate surface area is 197 Å². The molecule has 0 aliphatic heterocycles. The highest BCUT2D eigenvalue weighted by atomic mass is 79.9. The molecule has 1 aliphatic carbocycles. The lowest BCUT2D eigenvalue weighted by atomic mass is 9.85. The Morgan fingerprint density at radius 1 is 0.935 bits per heavy atom. The Balaban J connectivity index is 0.00000231. The van der Waals surface area contributed by atoms with Crippen LogP contribution in [-0.4, -0.2) is 15.0 Å². The van der Waals surface area contributed by atoms with Crippen LogP contribution in [0.3, 0.4) is 0 Å². The quantitative estimate of drug-likeness (QED) is 0.332. The number of benzene rings is 2. The molecule has 0 spiro atoms. The van der Waals surface area contributed by atoms with E-state index in [-0.39, 0.29) is 17.0 Å². The summed E-state index contributed by atoms with van der Waals surface area (Å²) in [6, 6.07) is 21.2. The van der Waals surface area contributed by atoms with Gasteiger partial charge in [0.15, 0.2) is 5.13 Å². The largest absolute Gasteiger partial charge is 0.332 e.